The molecule has 0 aromatic heterocycles. The van der Waals surface area contributed by atoms with Gasteiger partial charge in [-0.25, -0.2) is 0 Å². The summed E-state index contributed by atoms with van der Waals surface area (Å²) in [5.41, 5.74) is 2.62. The molecule has 4 nitrogen and oxygen atoms in total. The van der Waals surface area contributed by atoms with Crippen LogP contribution in [0.5, 0.6) is 11.5 Å². The van der Waals surface area contributed by atoms with Crippen LogP contribution in [0.1, 0.15) is 30.9 Å². The molecule has 0 saturated carbocycles. The molecule has 0 unspecified atom stereocenters. The molecule has 0 radical (unpaired) electrons. The van der Waals surface area contributed by atoms with Crippen LogP contribution in [-0.2, 0) is 13.1 Å². The number of benzene rings is 2. The lowest BCUT2D eigenvalue weighted by molar-refractivity contribution is 0.190. The Morgan fingerprint density at radius 1 is 1.04 bits per heavy atom. The summed E-state index contributed by atoms with van der Waals surface area (Å²) in [7, 11) is 0. The number of hydrogen-bond acceptors (Lipinski definition) is 4. The quantitative estimate of drug-likeness (QED) is 0.619. The van der Waals surface area contributed by atoms with E-state index in [1.807, 2.05) is 13.0 Å². The highest BCUT2D eigenvalue weighted by molar-refractivity contribution is 5.43. The summed E-state index contributed by atoms with van der Waals surface area (Å²) in [6.45, 7) is 11.0. The predicted molar refractivity (Wildman–Crippen MR) is 115 cm³/mol. The van der Waals surface area contributed by atoms with Gasteiger partial charge in [-0.15, -0.1) is 0 Å². The van der Waals surface area contributed by atoms with E-state index < -0.39 is 0 Å². The topological polar surface area (TPSA) is 33.7 Å². The Bertz CT molecular complexity index is 725. The molecule has 2 aromatic rings. The minimum Gasteiger partial charge on any atom is -0.490 e. The number of hydrogen-bond donors (Lipinski definition) is 1. The summed E-state index contributed by atoms with van der Waals surface area (Å²) in [5, 5.41) is 3.72. The molecule has 1 saturated heterocycles. The molecule has 1 aliphatic heterocycles. The van der Waals surface area contributed by atoms with Gasteiger partial charge in [-0.1, -0.05) is 49.1 Å². The van der Waals surface area contributed by atoms with Gasteiger partial charge in [0.2, 0.25) is 0 Å². The summed E-state index contributed by atoms with van der Waals surface area (Å²) in [5.74, 6) is 1.58. The lowest BCUT2D eigenvalue weighted by Crippen LogP contribution is -2.41. The number of nitrogens with zero attached hydrogens (tertiary/aromatic N) is 1. The van der Waals surface area contributed by atoms with Gasteiger partial charge < -0.3 is 14.8 Å². The van der Waals surface area contributed by atoms with E-state index in [1.54, 1.807) is 6.08 Å². The van der Waals surface area contributed by atoms with Gasteiger partial charge >= 0.3 is 0 Å². The van der Waals surface area contributed by atoms with Crippen molar-refractivity contribution in [2.75, 3.05) is 26.3 Å². The number of piperidine rings is 1. The molecular formula is C24H32N2O2. The van der Waals surface area contributed by atoms with Crippen molar-refractivity contribution in [2.45, 2.75) is 38.9 Å². The van der Waals surface area contributed by atoms with Crippen molar-refractivity contribution >= 4 is 0 Å². The molecule has 28 heavy (non-hydrogen) atoms. The zero-order valence-electron chi connectivity index (χ0n) is 16.9. The molecule has 150 valence electrons. The van der Waals surface area contributed by atoms with E-state index in [2.05, 4.69) is 59.3 Å². The van der Waals surface area contributed by atoms with E-state index in [0.717, 1.165) is 37.7 Å². The summed E-state index contributed by atoms with van der Waals surface area (Å²) >= 11 is 0. The lowest BCUT2D eigenvalue weighted by atomic mass is 10.0. The first kappa shape index (κ1) is 20.4. The van der Waals surface area contributed by atoms with E-state index in [0.29, 0.717) is 19.3 Å². The van der Waals surface area contributed by atoms with Gasteiger partial charge in [0.1, 0.15) is 6.61 Å². The third-order valence-corrected chi connectivity index (χ3v) is 5.10. The number of rotatable bonds is 10. The first-order valence-corrected chi connectivity index (χ1v) is 10.3. The summed E-state index contributed by atoms with van der Waals surface area (Å²) in [4.78, 5) is 2.55. The molecule has 0 spiro atoms. The largest absolute Gasteiger partial charge is 0.490 e. The molecule has 1 heterocycles. The summed E-state index contributed by atoms with van der Waals surface area (Å²) in [6.07, 6.45) is 4.12. The van der Waals surface area contributed by atoms with Crippen molar-refractivity contribution in [1.82, 2.24) is 10.2 Å². The zero-order valence-corrected chi connectivity index (χ0v) is 16.9. The molecule has 1 N–H and O–H groups in total. The van der Waals surface area contributed by atoms with Crippen molar-refractivity contribution in [3.05, 3.63) is 72.3 Å². The fourth-order valence-electron chi connectivity index (χ4n) is 3.60. The number of nitrogens with one attached hydrogen (secondary N) is 1. The maximum atomic E-state index is 5.74. The third kappa shape index (κ3) is 6.11. The molecular weight excluding hydrogens is 348 g/mol. The van der Waals surface area contributed by atoms with Gasteiger partial charge in [-0.2, -0.15) is 0 Å². The van der Waals surface area contributed by atoms with Crippen molar-refractivity contribution in [1.29, 1.82) is 0 Å². The second kappa shape index (κ2) is 10.9. The average Bonchev–Trinajstić information content (AvgIpc) is 2.73. The second-order valence-electron chi connectivity index (χ2n) is 7.23. The standard InChI is InChI=1S/C24H32N2O2/c1-3-16-28-23-11-10-21(17-24(23)27-4-2)18-25-22-12-14-26(15-13-22)19-20-8-6-5-7-9-20/h3,5-11,17,22,25H,1,4,12-16,18-19H2,2H3. The minimum atomic E-state index is 0.485. The van der Waals surface area contributed by atoms with Crippen LogP contribution in [-0.4, -0.2) is 37.2 Å². The number of ether oxygens (including phenoxy) is 2. The normalized spacial score (nSPS) is 15.3. The van der Waals surface area contributed by atoms with Crippen LogP contribution in [0.25, 0.3) is 0 Å². The second-order valence-corrected chi connectivity index (χ2v) is 7.23. The Labute approximate surface area is 169 Å². The van der Waals surface area contributed by atoms with Crippen molar-refractivity contribution in [3.63, 3.8) is 0 Å². The monoisotopic (exact) mass is 380 g/mol. The molecule has 1 aliphatic rings. The highest BCUT2D eigenvalue weighted by Gasteiger charge is 2.19. The van der Waals surface area contributed by atoms with Gasteiger partial charge in [-0.05, 0) is 56.1 Å². The van der Waals surface area contributed by atoms with Gasteiger partial charge in [0.05, 0.1) is 6.61 Å². The first-order chi connectivity index (χ1) is 13.8. The van der Waals surface area contributed by atoms with Crippen LogP contribution >= 0.6 is 0 Å². The molecule has 3 rings (SSSR count). The molecule has 2 aromatic carbocycles. The van der Waals surface area contributed by atoms with E-state index in [-0.39, 0.29) is 0 Å². The fourth-order valence-corrected chi connectivity index (χ4v) is 3.60. The Hall–Kier alpha value is -2.30. The average molecular weight is 381 g/mol. The van der Waals surface area contributed by atoms with Gasteiger partial charge in [0, 0.05) is 19.1 Å². The van der Waals surface area contributed by atoms with E-state index in [4.69, 9.17) is 9.47 Å². The van der Waals surface area contributed by atoms with Gasteiger partial charge in [0.15, 0.2) is 11.5 Å². The predicted octanol–water partition coefficient (Wildman–Crippen LogP) is 4.40. The first-order valence-electron chi connectivity index (χ1n) is 10.3. The molecule has 0 aliphatic carbocycles. The summed E-state index contributed by atoms with van der Waals surface area (Å²) < 4.78 is 11.4. The smallest absolute Gasteiger partial charge is 0.161 e. The van der Waals surface area contributed by atoms with Crippen LogP contribution in [0.15, 0.2) is 61.2 Å². The third-order valence-electron chi connectivity index (χ3n) is 5.10. The van der Waals surface area contributed by atoms with Crippen molar-refractivity contribution in [3.8, 4) is 11.5 Å². The van der Waals surface area contributed by atoms with Gasteiger partial charge in [0.25, 0.3) is 0 Å². The lowest BCUT2D eigenvalue weighted by Gasteiger charge is -2.32. The maximum Gasteiger partial charge on any atom is 0.161 e. The summed E-state index contributed by atoms with van der Waals surface area (Å²) in [6, 6.07) is 17.5. The van der Waals surface area contributed by atoms with Crippen molar-refractivity contribution < 1.29 is 9.47 Å². The number of likely N-dealkylation sites (tertiary alicyclic amines) is 1. The molecule has 0 amide bonds. The molecule has 1 fully saturated rings. The zero-order chi connectivity index (χ0) is 19.6. The van der Waals surface area contributed by atoms with Crippen LogP contribution in [0.3, 0.4) is 0 Å². The van der Waals surface area contributed by atoms with Crippen LogP contribution in [0.4, 0.5) is 0 Å². The Balaban J connectivity index is 1.46. The molecule has 4 heteroatoms. The fraction of sp³-hybridized carbons (Fsp3) is 0.417. The Morgan fingerprint density at radius 2 is 1.82 bits per heavy atom. The molecule has 0 bridgehead atoms. The van der Waals surface area contributed by atoms with Crippen molar-refractivity contribution in [2.24, 2.45) is 0 Å². The highest BCUT2D eigenvalue weighted by atomic mass is 16.5. The Morgan fingerprint density at radius 3 is 2.54 bits per heavy atom. The highest BCUT2D eigenvalue weighted by Crippen LogP contribution is 2.28. The van der Waals surface area contributed by atoms with Gasteiger partial charge in [-0.3, -0.25) is 4.90 Å². The van der Waals surface area contributed by atoms with E-state index in [9.17, 15) is 0 Å². The van der Waals surface area contributed by atoms with E-state index in [1.165, 1.54) is 24.0 Å². The minimum absolute atomic E-state index is 0.485. The van der Waals surface area contributed by atoms with Crippen LogP contribution < -0.4 is 14.8 Å². The van der Waals surface area contributed by atoms with E-state index >= 15 is 0 Å². The van der Waals surface area contributed by atoms with Crippen LogP contribution in [0, 0.1) is 0 Å². The molecule has 0 atom stereocenters. The Kier molecular flexibility index (Phi) is 7.94. The van der Waals surface area contributed by atoms with Crippen LogP contribution in [0.2, 0.25) is 0 Å². The SMILES string of the molecule is C=CCOc1ccc(CNC2CCN(Cc3ccccc3)CC2)cc1OCC. The maximum absolute atomic E-state index is 5.74.